The van der Waals surface area contributed by atoms with E-state index in [0.717, 1.165) is 36.9 Å². The van der Waals surface area contributed by atoms with E-state index in [-0.39, 0.29) is 45.0 Å². The highest BCUT2D eigenvalue weighted by Crippen LogP contribution is 2.50. The number of aliphatic hydroxyl groups excluding tert-OH is 2. The van der Waals surface area contributed by atoms with Crippen LogP contribution in [0.4, 0.5) is 0 Å². The van der Waals surface area contributed by atoms with Gasteiger partial charge in [-0.2, -0.15) is 0 Å². The molecule has 15 heteroatoms. The van der Waals surface area contributed by atoms with Crippen molar-refractivity contribution < 1.29 is 64.1 Å². The molecule has 0 spiro atoms. The first-order valence-corrected chi connectivity index (χ1v) is 23.0. The number of aliphatic hydroxyl groups is 2. The molecule has 1 amide bonds. The number of hydrogen-bond acceptors (Lipinski definition) is 14. The molecule has 3 heterocycles. The summed E-state index contributed by atoms with van der Waals surface area (Å²) >= 11 is 0. The predicted octanol–water partition coefficient (Wildman–Crippen LogP) is 7.31. The van der Waals surface area contributed by atoms with Crippen molar-refractivity contribution in [3.8, 4) is 23.0 Å². The lowest BCUT2D eigenvalue weighted by Crippen LogP contribution is -2.46. The van der Waals surface area contributed by atoms with E-state index in [1.807, 2.05) is 0 Å². The molecule has 0 saturated heterocycles. The zero-order valence-electron chi connectivity index (χ0n) is 39.8. The van der Waals surface area contributed by atoms with Gasteiger partial charge in [-0.1, -0.05) is 111 Å². The van der Waals surface area contributed by atoms with Gasteiger partial charge in [0.25, 0.3) is 11.7 Å². The van der Waals surface area contributed by atoms with Crippen LogP contribution >= 0.6 is 0 Å². The number of amides is 1. The number of esters is 1. The van der Waals surface area contributed by atoms with Crippen LogP contribution in [0.5, 0.6) is 23.0 Å². The number of aromatic hydroxyl groups is 3. The molecule has 2 aromatic rings. The third-order valence-electron chi connectivity index (χ3n) is 13.0. The first-order chi connectivity index (χ1) is 30.7. The molecule has 0 aliphatic carbocycles. The van der Waals surface area contributed by atoms with Crippen molar-refractivity contribution in [2.24, 2.45) is 28.7 Å². The summed E-state index contributed by atoms with van der Waals surface area (Å²) in [6.45, 7) is 14.7. The van der Waals surface area contributed by atoms with Gasteiger partial charge in [0.2, 0.25) is 0 Å². The topological polar surface area (TPSA) is 225 Å². The minimum atomic E-state index is -2.08. The van der Waals surface area contributed by atoms with E-state index in [0.29, 0.717) is 6.42 Å². The fraction of sp³-hybridized carbons (Fsp3) is 0.600. The number of Topliss-reactive ketones (excluding diaryl/α,β-unsaturated/α-hetero) is 1. The number of carbonyl (C=O) groups excluding carboxylic acids is 3. The van der Waals surface area contributed by atoms with Crippen molar-refractivity contribution in [3.63, 3.8) is 0 Å². The number of rotatable bonds is 14. The third-order valence-corrected chi connectivity index (χ3v) is 13.0. The maximum absolute atomic E-state index is 14.5. The van der Waals surface area contributed by atoms with Gasteiger partial charge in [-0.25, -0.2) is 4.99 Å². The summed E-state index contributed by atoms with van der Waals surface area (Å²) in [5, 5.41) is 69.1. The largest absolute Gasteiger partial charge is 0.507 e. The number of benzene rings is 2. The molecule has 9 unspecified atom stereocenters. The van der Waals surface area contributed by atoms with Gasteiger partial charge < -0.3 is 44.5 Å². The lowest BCUT2D eigenvalue weighted by atomic mass is 9.78. The number of ether oxygens (including phenoxy) is 4. The summed E-state index contributed by atoms with van der Waals surface area (Å²) in [5.74, 6) is -9.00. The molecule has 3 aliphatic heterocycles. The zero-order chi connectivity index (χ0) is 48.3. The Morgan fingerprint density at radius 2 is 1.48 bits per heavy atom. The Morgan fingerprint density at radius 1 is 0.862 bits per heavy atom. The van der Waals surface area contributed by atoms with Crippen molar-refractivity contribution >= 4 is 34.6 Å². The molecule has 15 nitrogen and oxygen atoms in total. The summed E-state index contributed by atoms with van der Waals surface area (Å²) in [6, 6.07) is 0. The van der Waals surface area contributed by atoms with E-state index in [9.17, 15) is 45.1 Å². The third kappa shape index (κ3) is 12.3. The first-order valence-electron chi connectivity index (χ1n) is 23.0. The van der Waals surface area contributed by atoms with E-state index in [4.69, 9.17) is 18.9 Å². The summed E-state index contributed by atoms with van der Waals surface area (Å²) in [7, 11) is 1.43. The lowest BCUT2D eigenvalue weighted by Gasteiger charge is -2.38. The van der Waals surface area contributed by atoms with E-state index in [2.05, 4.69) is 11.9 Å². The normalized spacial score (nSPS) is 26.8. The monoisotopic (exact) mass is 909 g/mol. The van der Waals surface area contributed by atoms with Crippen molar-refractivity contribution in [1.29, 1.82) is 0 Å². The van der Waals surface area contributed by atoms with Gasteiger partial charge in [0.1, 0.15) is 28.7 Å². The summed E-state index contributed by atoms with van der Waals surface area (Å²) < 4.78 is 23.6. The molecule has 5 bridgehead atoms. The Labute approximate surface area is 382 Å². The Morgan fingerprint density at radius 3 is 2.08 bits per heavy atom. The van der Waals surface area contributed by atoms with E-state index < -0.39 is 94.1 Å². The van der Waals surface area contributed by atoms with Crippen LogP contribution in [0.25, 0.3) is 17.0 Å². The SMILES string of the molecule is CCCCCCCCCCCCN(O)C=c1c(O)c2c3c4c(C)c(O)c2c(O)c1=NC(=O)C(C)=CC=CC(C)C(O)C(C)C(O)C(C)C(OC(C)=O)C(C)C(OC)C=COC(C)(O4)C3=O. The van der Waals surface area contributed by atoms with Gasteiger partial charge in [0.15, 0.2) is 5.75 Å². The summed E-state index contributed by atoms with van der Waals surface area (Å²) in [5.41, 5.74) is -0.135. The molecule has 3 aliphatic rings. The van der Waals surface area contributed by atoms with Gasteiger partial charge in [0.05, 0.1) is 40.7 Å². The predicted molar refractivity (Wildman–Crippen MR) is 246 cm³/mol. The number of ketones is 1. The maximum atomic E-state index is 14.5. The Hall–Kier alpha value is -4.96. The van der Waals surface area contributed by atoms with Gasteiger partial charge >= 0.3 is 11.8 Å². The number of allylic oxidation sites excluding steroid dienone is 2. The minimum absolute atomic E-state index is 0.0167. The molecule has 5 rings (SSSR count). The highest BCUT2D eigenvalue weighted by Gasteiger charge is 2.49. The number of hydroxylamine groups is 2. The Bertz CT molecular complexity index is 2240. The fourth-order valence-corrected chi connectivity index (χ4v) is 8.79. The number of hydrogen-bond donors (Lipinski definition) is 6. The van der Waals surface area contributed by atoms with Crippen LogP contribution in [-0.4, -0.2) is 97.3 Å². The van der Waals surface area contributed by atoms with Crippen LogP contribution < -0.4 is 15.3 Å². The number of phenols is 3. The van der Waals surface area contributed by atoms with E-state index >= 15 is 0 Å². The smallest absolute Gasteiger partial charge is 0.312 e. The highest BCUT2D eigenvalue weighted by molar-refractivity contribution is 6.20. The lowest BCUT2D eigenvalue weighted by molar-refractivity contribution is -0.160. The van der Waals surface area contributed by atoms with Crippen LogP contribution in [-0.2, 0) is 23.8 Å². The Balaban J connectivity index is 1.89. The quantitative estimate of drug-likeness (QED) is 0.0473. The highest BCUT2D eigenvalue weighted by atomic mass is 16.7. The molecule has 0 radical (unpaired) electrons. The number of nitrogens with zero attached hydrogens (tertiary/aromatic N) is 2. The van der Waals surface area contributed by atoms with Crippen LogP contribution in [0.1, 0.15) is 136 Å². The van der Waals surface area contributed by atoms with E-state index in [1.54, 1.807) is 39.8 Å². The molecule has 360 valence electrons. The molecule has 2 aromatic carbocycles. The average Bonchev–Trinajstić information content (AvgIpc) is 3.53. The second-order valence-electron chi connectivity index (χ2n) is 18.0. The Kier molecular flexibility index (Phi) is 19.0. The number of methoxy groups -OCH3 is 1. The molecule has 0 fully saturated rings. The number of carbonyl (C=O) groups is 3. The van der Waals surface area contributed by atoms with Crippen molar-refractivity contribution in [2.45, 2.75) is 157 Å². The van der Waals surface area contributed by atoms with Gasteiger partial charge in [-0.3, -0.25) is 24.7 Å². The van der Waals surface area contributed by atoms with E-state index in [1.165, 1.54) is 85.3 Å². The van der Waals surface area contributed by atoms with Crippen LogP contribution in [0.15, 0.2) is 41.1 Å². The molecule has 0 aromatic heterocycles. The molecule has 9 atom stereocenters. The number of phenolic OH excluding ortho intramolecular Hbond substituents is 3. The van der Waals surface area contributed by atoms with Crippen molar-refractivity contribution in [2.75, 3.05) is 13.7 Å². The fourth-order valence-electron chi connectivity index (χ4n) is 8.79. The molecular formula is C50H72N2O13. The molecule has 65 heavy (non-hydrogen) atoms. The second kappa shape index (κ2) is 23.5. The van der Waals surface area contributed by atoms with Gasteiger partial charge in [0, 0.05) is 73.9 Å². The summed E-state index contributed by atoms with van der Waals surface area (Å²) in [4.78, 5) is 44.8. The molecule has 6 N–H and O–H groups in total. The van der Waals surface area contributed by atoms with Crippen molar-refractivity contribution in [1.82, 2.24) is 5.06 Å². The number of unbranched alkanes of at least 4 members (excludes halogenated alkanes) is 9. The summed E-state index contributed by atoms with van der Waals surface area (Å²) in [6.07, 6.45) is 15.2. The first kappa shape index (κ1) is 52.7. The standard InChI is InChI=1S/C50H72N2O13/c1-11-12-13-14-15-16-17-18-19-20-25-52(61)27-35-40-45(58)38-37(44(35)57)39-47(33(7)43(38)56)65-50(9,48(39)59)63-26-24-36(62-10)30(4)46(64-34(8)53)32(6)42(55)31(5)41(54)28(2)22-21-23-29(3)49(60)51-40/h21-24,26-28,30-32,36,41-42,46,54-58,61H,11-20,25H2,1-10H3. The van der Waals surface area contributed by atoms with Crippen LogP contribution in [0.3, 0.4) is 0 Å². The average molecular weight is 909 g/mol. The van der Waals surface area contributed by atoms with Crippen LogP contribution in [0, 0.1) is 30.6 Å². The van der Waals surface area contributed by atoms with Gasteiger partial charge in [-0.05, 0) is 26.3 Å². The number of fused-ring (bicyclic) bond motifs is 14. The van der Waals surface area contributed by atoms with Crippen LogP contribution in [0.2, 0.25) is 0 Å². The minimum Gasteiger partial charge on any atom is -0.507 e. The van der Waals surface area contributed by atoms with Crippen molar-refractivity contribution in [3.05, 3.63) is 57.8 Å². The second-order valence-corrected chi connectivity index (χ2v) is 18.0. The maximum Gasteiger partial charge on any atom is 0.312 e. The molecular weight excluding hydrogens is 837 g/mol. The zero-order valence-corrected chi connectivity index (χ0v) is 39.8. The molecule has 0 saturated carbocycles. The van der Waals surface area contributed by atoms with Gasteiger partial charge in [-0.15, -0.1) is 0 Å².